The van der Waals surface area contributed by atoms with Crippen molar-refractivity contribution in [2.45, 2.75) is 69.0 Å². The van der Waals surface area contributed by atoms with E-state index in [2.05, 4.69) is 73.6 Å². The Hall–Kier alpha value is -5.80. The number of nitrogens with zero attached hydrogens (tertiary/aromatic N) is 5. The quantitative estimate of drug-likeness (QED) is 0.0439. The maximum absolute atomic E-state index is 13.7. The van der Waals surface area contributed by atoms with E-state index in [-0.39, 0.29) is 17.4 Å². The van der Waals surface area contributed by atoms with E-state index in [0.717, 1.165) is 92.1 Å². The first-order chi connectivity index (χ1) is 31.0. The average molecular weight is 902 g/mol. The number of nitrogens with one attached hydrogen (secondary N) is 2. The third-order valence-corrected chi connectivity index (χ3v) is 14.5. The molecule has 1 amide bonds. The molecule has 4 heterocycles. The van der Waals surface area contributed by atoms with Gasteiger partial charge in [-0.25, -0.2) is 4.98 Å². The fourth-order valence-electron chi connectivity index (χ4n) is 10.0. The molecule has 3 fully saturated rings. The minimum atomic E-state index is -0.540. The van der Waals surface area contributed by atoms with Crippen LogP contribution in [-0.2, 0) is 6.54 Å². The topological polar surface area (TPSA) is 155 Å². The number of carbonyl (C=O) groups excluding carboxylic acids is 1. The lowest BCUT2D eigenvalue weighted by molar-refractivity contribution is -0.384. The molecule has 2 aliphatic heterocycles. The molecule has 1 atom stereocenters. The Morgan fingerprint density at radius 3 is 2.62 bits per heavy atom. The van der Waals surface area contributed by atoms with E-state index in [1.165, 1.54) is 36.1 Å². The molecule has 1 unspecified atom stereocenters. The van der Waals surface area contributed by atoms with Crippen LogP contribution >= 0.6 is 23.5 Å². The number of benzene rings is 4. The van der Waals surface area contributed by atoms with Crippen molar-refractivity contribution in [1.29, 1.82) is 0 Å². The Labute approximate surface area is 382 Å². The third kappa shape index (κ3) is 8.97. The molecule has 332 valence electrons. The summed E-state index contributed by atoms with van der Waals surface area (Å²) in [4.78, 5) is 40.5. The van der Waals surface area contributed by atoms with Crippen molar-refractivity contribution in [2.24, 2.45) is 5.41 Å². The number of H-pyrrole nitrogens is 1. The Bertz CT molecular complexity index is 2680. The predicted octanol–water partition coefficient (Wildman–Crippen LogP) is 10.4. The molecule has 15 heteroatoms. The van der Waals surface area contributed by atoms with Crippen molar-refractivity contribution in [1.82, 2.24) is 24.5 Å². The molecule has 64 heavy (non-hydrogen) atoms. The molecule has 0 radical (unpaired) electrons. The number of hydrogen-bond acceptors (Lipinski definition) is 11. The lowest BCUT2D eigenvalue weighted by Crippen LogP contribution is -2.60. The molecule has 4 aromatic carbocycles. The second-order valence-electron chi connectivity index (χ2n) is 17.6. The molecule has 9 rings (SSSR count). The highest BCUT2D eigenvalue weighted by Gasteiger charge is 2.50. The standard InChI is InChI=1S/C49H53ClN8O5S/c1-31(2)38-8-4-5-9-39(38)44-30-55(29-33-7-6-10-41(50)46(33)62-3)21-22-57(44)35-26-49(27-35)16-19-56(20-17-49)34-11-13-40(45(24-34)63-36-23-32-15-18-52-47(32)53-28-36)48(59)54-64-37-12-14-42(51)43(25-37)58(60)61/h4-15,18,23-25,28,31,35,44H,16-17,19-22,26-27,29-30,51H2,1-3H3,(H,52,53)(H,54,59). The number of nitrogen functional groups attached to an aromatic ring is 1. The van der Waals surface area contributed by atoms with E-state index in [1.807, 2.05) is 42.6 Å². The van der Waals surface area contributed by atoms with E-state index >= 15 is 0 Å². The number of amides is 1. The van der Waals surface area contributed by atoms with Crippen molar-refractivity contribution >= 4 is 57.6 Å². The summed E-state index contributed by atoms with van der Waals surface area (Å²) in [5, 5.41) is 13.0. The molecule has 6 aromatic rings. The van der Waals surface area contributed by atoms with E-state index in [9.17, 15) is 14.9 Å². The van der Waals surface area contributed by atoms with Crippen molar-refractivity contribution in [3.63, 3.8) is 0 Å². The third-order valence-electron chi connectivity index (χ3n) is 13.4. The summed E-state index contributed by atoms with van der Waals surface area (Å²) in [5.74, 6) is 1.67. The number of nitro benzene ring substituents is 1. The van der Waals surface area contributed by atoms with Crippen molar-refractivity contribution in [2.75, 3.05) is 50.5 Å². The highest BCUT2D eigenvalue weighted by molar-refractivity contribution is 7.98. The highest BCUT2D eigenvalue weighted by Crippen LogP contribution is 2.53. The summed E-state index contributed by atoms with van der Waals surface area (Å²) in [6.07, 6.45) is 7.99. The van der Waals surface area contributed by atoms with Crippen LogP contribution in [0.5, 0.6) is 17.2 Å². The molecular formula is C49H53ClN8O5S. The van der Waals surface area contributed by atoms with Crippen LogP contribution in [0.4, 0.5) is 17.1 Å². The van der Waals surface area contributed by atoms with Crippen molar-refractivity contribution in [3.8, 4) is 17.2 Å². The summed E-state index contributed by atoms with van der Waals surface area (Å²) in [6, 6.07) is 29.8. The number of fused-ring (bicyclic) bond motifs is 1. The zero-order chi connectivity index (χ0) is 44.5. The van der Waals surface area contributed by atoms with Crippen molar-refractivity contribution < 1.29 is 19.2 Å². The number of aromatic nitrogens is 2. The molecule has 1 saturated carbocycles. The van der Waals surface area contributed by atoms with Gasteiger partial charge < -0.3 is 25.1 Å². The molecule has 3 aliphatic rings. The molecular weight excluding hydrogens is 848 g/mol. The van der Waals surface area contributed by atoms with Gasteiger partial charge in [-0.05, 0) is 103 Å². The van der Waals surface area contributed by atoms with Crippen LogP contribution in [-0.4, -0.2) is 76.5 Å². The van der Waals surface area contributed by atoms with E-state index in [0.29, 0.717) is 44.4 Å². The van der Waals surface area contributed by atoms with Gasteiger partial charge in [-0.1, -0.05) is 61.8 Å². The van der Waals surface area contributed by atoms with Gasteiger partial charge in [0, 0.05) is 91.2 Å². The summed E-state index contributed by atoms with van der Waals surface area (Å²) in [6.45, 7) is 10.1. The van der Waals surface area contributed by atoms with Crippen LogP contribution in [0.15, 0.2) is 108 Å². The van der Waals surface area contributed by atoms with Crippen LogP contribution in [0, 0.1) is 15.5 Å². The normalized spacial score (nSPS) is 18.0. The minimum absolute atomic E-state index is 0.0550. The largest absolute Gasteiger partial charge is 0.495 e. The van der Waals surface area contributed by atoms with Gasteiger partial charge in [-0.3, -0.25) is 29.4 Å². The van der Waals surface area contributed by atoms with Crippen LogP contribution in [0.2, 0.25) is 5.02 Å². The number of ether oxygens (including phenoxy) is 2. The van der Waals surface area contributed by atoms with E-state index in [4.69, 9.17) is 26.8 Å². The number of piperidine rings is 1. The number of para-hydroxylation sites is 1. The van der Waals surface area contributed by atoms with Gasteiger partial charge in [0.15, 0.2) is 0 Å². The van der Waals surface area contributed by atoms with Gasteiger partial charge in [0.1, 0.15) is 28.6 Å². The Morgan fingerprint density at radius 1 is 1.03 bits per heavy atom. The summed E-state index contributed by atoms with van der Waals surface area (Å²) in [7, 11) is 1.69. The monoisotopic (exact) mass is 900 g/mol. The van der Waals surface area contributed by atoms with Crippen LogP contribution < -0.4 is 24.8 Å². The van der Waals surface area contributed by atoms with Gasteiger partial charge >= 0.3 is 0 Å². The Balaban J connectivity index is 0.895. The summed E-state index contributed by atoms with van der Waals surface area (Å²) in [5.41, 5.74) is 11.9. The number of hydrogen-bond donors (Lipinski definition) is 3. The summed E-state index contributed by atoms with van der Waals surface area (Å²) >= 11 is 7.52. The number of halogens is 1. The van der Waals surface area contributed by atoms with Crippen LogP contribution in [0.25, 0.3) is 11.0 Å². The van der Waals surface area contributed by atoms with Crippen LogP contribution in [0.3, 0.4) is 0 Å². The summed E-state index contributed by atoms with van der Waals surface area (Å²) < 4.78 is 15.0. The Kier molecular flexibility index (Phi) is 12.5. The van der Waals surface area contributed by atoms with Gasteiger partial charge in [0.2, 0.25) is 0 Å². The molecule has 13 nitrogen and oxygen atoms in total. The number of pyridine rings is 1. The number of nitro groups is 1. The minimum Gasteiger partial charge on any atom is -0.495 e. The van der Waals surface area contributed by atoms with Gasteiger partial charge in [0.25, 0.3) is 11.6 Å². The van der Waals surface area contributed by atoms with Gasteiger partial charge in [-0.15, -0.1) is 0 Å². The van der Waals surface area contributed by atoms with Gasteiger partial charge in [0.05, 0.1) is 28.8 Å². The number of aromatic amines is 1. The van der Waals surface area contributed by atoms with Gasteiger partial charge in [-0.2, -0.15) is 0 Å². The highest BCUT2D eigenvalue weighted by atomic mass is 35.5. The maximum Gasteiger partial charge on any atom is 0.293 e. The number of anilines is 2. The second-order valence-corrected chi connectivity index (χ2v) is 18.9. The first kappa shape index (κ1) is 43.5. The molecule has 1 spiro atoms. The zero-order valence-electron chi connectivity index (χ0n) is 36.3. The average Bonchev–Trinajstić information content (AvgIpc) is 3.76. The number of nitrogens with two attached hydrogens (primary N) is 1. The smallest absolute Gasteiger partial charge is 0.293 e. The molecule has 2 aromatic heterocycles. The number of carbonyl (C=O) groups is 1. The number of piperazine rings is 1. The first-order valence-electron chi connectivity index (χ1n) is 21.9. The molecule has 2 saturated heterocycles. The SMILES string of the molecule is COc1c(Cl)cccc1CN1CCN(C2CC3(CCN(c4ccc(C(=O)NSc5ccc(N)c([N+](=O)[O-])c5)c(Oc5cnc6[nH]ccc6c5)c4)CC3)C2)C(c2ccccc2C(C)C)C1. The molecule has 4 N–H and O–H groups in total. The first-order valence-corrected chi connectivity index (χ1v) is 23.1. The lowest BCUT2D eigenvalue weighted by Gasteiger charge is -2.58. The number of rotatable bonds is 13. The Morgan fingerprint density at radius 2 is 1.84 bits per heavy atom. The second kappa shape index (κ2) is 18.4. The number of methoxy groups -OCH3 is 1. The lowest BCUT2D eigenvalue weighted by atomic mass is 9.59. The van der Waals surface area contributed by atoms with E-state index in [1.54, 1.807) is 25.4 Å². The fraction of sp³-hybridized carbons (Fsp3) is 0.347. The molecule has 0 bridgehead atoms. The van der Waals surface area contributed by atoms with Crippen LogP contribution in [0.1, 0.15) is 78.5 Å². The molecule has 1 aliphatic carbocycles. The predicted molar refractivity (Wildman–Crippen MR) is 254 cm³/mol. The maximum atomic E-state index is 13.7. The van der Waals surface area contributed by atoms with Crippen molar-refractivity contribution in [3.05, 3.63) is 141 Å². The fourth-order valence-corrected chi connectivity index (χ4v) is 10.9. The zero-order valence-corrected chi connectivity index (χ0v) is 37.8. The van der Waals surface area contributed by atoms with E-state index < -0.39 is 10.8 Å².